The van der Waals surface area contributed by atoms with Crippen LogP contribution in [0.2, 0.25) is 0 Å². The summed E-state index contributed by atoms with van der Waals surface area (Å²) in [4.78, 5) is 2.17. The molecule has 28 heavy (non-hydrogen) atoms. The molecule has 0 spiro atoms. The fourth-order valence-corrected chi connectivity index (χ4v) is 4.76. The van der Waals surface area contributed by atoms with Gasteiger partial charge >= 0.3 is 0 Å². The van der Waals surface area contributed by atoms with Crippen LogP contribution < -0.4 is 0 Å². The van der Waals surface area contributed by atoms with Crippen LogP contribution in [0.5, 0.6) is 0 Å². The minimum Gasteiger partial charge on any atom is -0.376 e. The molecule has 1 nitrogen and oxygen atoms in total. The van der Waals surface area contributed by atoms with Crippen molar-refractivity contribution in [3.05, 3.63) is 130 Å². The molecule has 0 radical (unpaired) electrons. The maximum atomic E-state index is 12.2. The normalized spacial score (nSPS) is 13.1. The van der Waals surface area contributed by atoms with E-state index in [0.717, 1.165) is 31.0 Å². The van der Waals surface area contributed by atoms with Crippen LogP contribution in [-0.4, -0.2) is 5.11 Å². The van der Waals surface area contributed by atoms with Crippen molar-refractivity contribution in [1.82, 2.24) is 0 Å². The average Bonchev–Trinajstić information content (AvgIpc) is 2.75. The molecule has 1 N–H and O–H groups in total. The highest BCUT2D eigenvalue weighted by Gasteiger charge is 2.35. The van der Waals surface area contributed by atoms with E-state index in [1.807, 2.05) is 91.0 Å². The third kappa shape index (κ3) is 3.79. The first-order valence-corrected chi connectivity index (χ1v) is 10.7. The average molecular weight is 447 g/mol. The zero-order valence-corrected chi connectivity index (χ0v) is 17.5. The zero-order valence-electron chi connectivity index (χ0n) is 15.1. The van der Waals surface area contributed by atoms with Crippen LogP contribution in [0.25, 0.3) is 0 Å². The van der Waals surface area contributed by atoms with Gasteiger partial charge in [-0.05, 0) is 41.5 Å². The molecule has 0 saturated heterocycles. The quantitative estimate of drug-likeness (QED) is 0.337. The van der Waals surface area contributed by atoms with Gasteiger partial charge in [0.25, 0.3) is 0 Å². The van der Waals surface area contributed by atoms with Crippen LogP contribution in [0, 0.1) is 0 Å². The molecular formula is C25H19BrOS. The summed E-state index contributed by atoms with van der Waals surface area (Å²) in [6, 6.07) is 36.1. The van der Waals surface area contributed by atoms with Gasteiger partial charge in [-0.3, -0.25) is 0 Å². The predicted octanol–water partition coefficient (Wildman–Crippen LogP) is 6.88. The maximum absolute atomic E-state index is 12.2. The second-order valence-electron chi connectivity index (χ2n) is 6.50. The van der Waals surface area contributed by atoms with Gasteiger partial charge < -0.3 is 5.11 Å². The molecule has 0 aliphatic heterocycles. The molecule has 0 heterocycles. The fraction of sp³-hybridized carbons (Fsp3) is 0.0400. The minimum absolute atomic E-state index is 0.828. The first-order valence-electron chi connectivity index (χ1n) is 9.04. The van der Waals surface area contributed by atoms with E-state index in [0.29, 0.717) is 0 Å². The Morgan fingerprint density at radius 3 is 1.96 bits per heavy atom. The van der Waals surface area contributed by atoms with Gasteiger partial charge in [-0.2, -0.15) is 0 Å². The standard InChI is InChI=1S/C25H19BrOS/c26-21-13-9-12-20(18-21)25(27,19-10-3-1-4-11-19)23-16-7-8-17-24(23)28-22-14-5-2-6-15-22/h1-18,27H. The molecule has 138 valence electrons. The van der Waals surface area contributed by atoms with Crippen molar-refractivity contribution in [2.75, 3.05) is 0 Å². The summed E-state index contributed by atoms with van der Waals surface area (Å²) in [6.45, 7) is 0. The third-order valence-electron chi connectivity index (χ3n) is 4.68. The van der Waals surface area contributed by atoms with Crippen LogP contribution in [0.1, 0.15) is 16.7 Å². The molecule has 0 saturated carbocycles. The smallest absolute Gasteiger partial charge is 0.141 e. The van der Waals surface area contributed by atoms with Crippen molar-refractivity contribution in [3.8, 4) is 0 Å². The van der Waals surface area contributed by atoms with Gasteiger partial charge in [-0.15, -0.1) is 0 Å². The highest BCUT2D eigenvalue weighted by atomic mass is 79.9. The van der Waals surface area contributed by atoms with Crippen LogP contribution in [0.3, 0.4) is 0 Å². The third-order valence-corrected chi connectivity index (χ3v) is 6.26. The lowest BCUT2D eigenvalue weighted by Gasteiger charge is -2.32. The van der Waals surface area contributed by atoms with E-state index in [2.05, 4.69) is 34.1 Å². The summed E-state index contributed by atoms with van der Waals surface area (Å²) in [5, 5.41) is 12.2. The molecular weight excluding hydrogens is 428 g/mol. The molecule has 0 amide bonds. The molecule has 0 bridgehead atoms. The summed E-state index contributed by atoms with van der Waals surface area (Å²) >= 11 is 5.22. The van der Waals surface area contributed by atoms with E-state index in [-0.39, 0.29) is 0 Å². The maximum Gasteiger partial charge on any atom is 0.141 e. The van der Waals surface area contributed by atoms with E-state index in [1.165, 1.54) is 0 Å². The van der Waals surface area contributed by atoms with E-state index >= 15 is 0 Å². The number of rotatable bonds is 5. The van der Waals surface area contributed by atoms with Crippen molar-refractivity contribution in [2.24, 2.45) is 0 Å². The molecule has 1 atom stereocenters. The second-order valence-corrected chi connectivity index (χ2v) is 8.53. The molecule has 4 aromatic rings. The van der Waals surface area contributed by atoms with Gasteiger partial charge in [0.1, 0.15) is 5.60 Å². The Balaban J connectivity index is 1.91. The predicted molar refractivity (Wildman–Crippen MR) is 120 cm³/mol. The van der Waals surface area contributed by atoms with Gasteiger partial charge in [0.15, 0.2) is 0 Å². The molecule has 4 rings (SSSR count). The Kier molecular flexibility index (Phi) is 5.67. The van der Waals surface area contributed by atoms with Crippen LogP contribution in [0.15, 0.2) is 123 Å². The Morgan fingerprint density at radius 1 is 0.643 bits per heavy atom. The van der Waals surface area contributed by atoms with Gasteiger partial charge in [0.2, 0.25) is 0 Å². The second kappa shape index (κ2) is 8.36. The van der Waals surface area contributed by atoms with Gasteiger partial charge in [-0.25, -0.2) is 0 Å². The Hall–Kier alpha value is -2.33. The first kappa shape index (κ1) is 19.0. The summed E-state index contributed by atoms with van der Waals surface area (Å²) in [5.74, 6) is 0. The lowest BCUT2D eigenvalue weighted by atomic mass is 9.80. The van der Waals surface area contributed by atoms with Crippen LogP contribution in [-0.2, 0) is 5.60 Å². The van der Waals surface area contributed by atoms with Crippen molar-refractivity contribution in [2.45, 2.75) is 15.4 Å². The summed E-state index contributed by atoms with van der Waals surface area (Å²) in [6.07, 6.45) is 0. The molecule has 0 aromatic heterocycles. The van der Waals surface area contributed by atoms with Gasteiger partial charge in [0, 0.05) is 19.8 Å². The lowest BCUT2D eigenvalue weighted by Crippen LogP contribution is -2.29. The number of hydrogen-bond acceptors (Lipinski definition) is 2. The lowest BCUT2D eigenvalue weighted by molar-refractivity contribution is 0.123. The van der Waals surface area contributed by atoms with E-state index in [9.17, 15) is 5.11 Å². The molecule has 3 heteroatoms. The van der Waals surface area contributed by atoms with Gasteiger partial charge in [-0.1, -0.05) is 107 Å². The zero-order chi connectivity index (χ0) is 19.4. The summed E-state index contributed by atoms with van der Waals surface area (Å²) in [5.41, 5.74) is 1.28. The Morgan fingerprint density at radius 2 is 1.25 bits per heavy atom. The number of aliphatic hydroxyl groups is 1. The van der Waals surface area contributed by atoms with Crippen molar-refractivity contribution < 1.29 is 5.11 Å². The van der Waals surface area contributed by atoms with Gasteiger partial charge in [0.05, 0.1) is 0 Å². The molecule has 0 fully saturated rings. The minimum atomic E-state index is -1.26. The number of hydrogen-bond donors (Lipinski definition) is 1. The Bertz CT molecular complexity index is 1070. The van der Waals surface area contributed by atoms with Crippen molar-refractivity contribution in [1.29, 1.82) is 0 Å². The highest BCUT2D eigenvalue weighted by Crippen LogP contribution is 2.43. The first-order chi connectivity index (χ1) is 13.7. The van der Waals surface area contributed by atoms with Crippen molar-refractivity contribution in [3.63, 3.8) is 0 Å². The highest BCUT2D eigenvalue weighted by molar-refractivity contribution is 9.10. The molecule has 0 aliphatic carbocycles. The monoisotopic (exact) mass is 446 g/mol. The van der Waals surface area contributed by atoms with E-state index < -0.39 is 5.60 Å². The van der Waals surface area contributed by atoms with E-state index in [1.54, 1.807) is 11.8 Å². The van der Waals surface area contributed by atoms with Crippen LogP contribution >= 0.6 is 27.7 Å². The fourth-order valence-electron chi connectivity index (χ4n) is 3.34. The number of benzene rings is 4. The largest absolute Gasteiger partial charge is 0.376 e. The van der Waals surface area contributed by atoms with Crippen molar-refractivity contribution >= 4 is 27.7 Å². The molecule has 1 unspecified atom stereocenters. The summed E-state index contributed by atoms with van der Waals surface area (Å²) < 4.78 is 0.938. The summed E-state index contributed by atoms with van der Waals surface area (Å²) in [7, 11) is 0. The molecule has 4 aromatic carbocycles. The topological polar surface area (TPSA) is 20.2 Å². The molecule has 0 aliphatic rings. The van der Waals surface area contributed by atoms with Crippen LogP contribution in [0.4, 0.5) is 0 Å². The van der Waals surface area contributed by atoms with E-state index in [4.69, 9.17) is 0 Å². The SMILES string of the molecule is OC(c1ccccc1)(c1cccc(Br)c1)c1ccccc1Sc1ccccc1. The number of halogens is 1. The Labute approximate surface area is 178 Å².